The van der Waals surface area contributed by atoms with Crippen molar-refractivity contribution in [2.24, 2.45) is 0 Å². The van der Waals surface area contributed by atoms with Gasteiger partial charge < -0.3 is 0 Å². The third-order valence-corrected chi connectivity index (χ3v) is 6.11. The van der Waals surface area contributed by atoms with Gasteiger partial charge in [0, 0.05) is 15.8 Å². The summed E-state index contributed by atoms with van der Waals surface area (Å²) in [4.78, 5) is 5.89. The van der Waals surface area contributed by atoms with Gasteiger partial charge in [-0.15, -0.1) is 28.2 Å². The van der Waals surface area contributed by atoms with Gasteiger partial charge in [0.1, 0.15) is 0 Å². The molecule has 0 aliphatic carbocycles. The van der Waals surface area contributed by atoms with Gasteiger partial charge in [-0.2, -0.15) is 4.68 Å². The normalized spacial score (nSPS) is 10.9. The first-order valence-corrected chi connectivity index (χ1v) is 10.4. The number of hydrogen-bond donors (Lipinski definition) is 0. The van der Waals surface area contributed by atoms with Crippen molar-refractivity contribution in [3.8, 4) is 16.9 Å². The van der Waals surface area contributed by atoms with Crippen LogP contribution in [0.3, 0.4) is 0 Å². The molecule has 2 heterocycles. The average Bonchev–Trinajstić information content (AvgIpc) is 3.33. The Morgan fingerprint density at radius 1 is 1.00 bits per heavy atom. The molecule has 4 rings (SSSR count). The highest BCUT2D eigenvalue weighted by molar-refractivity contribution is 8.00. The summed E-state index contributed by atoms with van der Waals surface area (Å²) in [5.74, 6) is 0. The molecule has 5 nitrogen and oxygen atoms in total. The second-order valence-electron chi connectivity index (χ2n) is 5.04. The van der Waals surface area contributed by atoms with E-state index in [1.54, 1.807) is 27.8 Å². The molecule has 0 atom stereocenters. The number of thioether (sulfide) groups is 1. The van der Waals surface area contributed by atoms with E-state index in [4.69, 9.17) is 0 Å². The van der Waals surface area contributed by atoms with Crippen molar-refractivity contribution in [3.63, 3.8) is 0 Å². The molecule has 0 amide bonds. The summed E-state index contributed by atoms with van der Waals surface area (Å²) in [7, 11) is 0. The Morgan fingerprint density at radius 2 is 1.80 bits per heavy atom. The van der Waals surface area contributed by atoms with Crippen LogP contribution in [0.1, 0.15) is 0 Å². The van der Waals surface area contributed by atoms with Crippen LogP contribution in [-0.2, 0) is 0 Å². The summed E-state index contributed by atoms with van der Waals surface area (Å²) in [5.41, 5.74) is 3.01. The quantitative estimate of drug-likeness (QED) is 0.467. The second-order valence-corrected chi connectivity index (χ2v) is 7.99. The van der Waals surface area contributed by atoms with Crippen molar-refractivity contribution >= 4 is 34.9 Å². The minimum atomic E-state index is 0.700. The fourth-order valence-electron chi connectivity index (χ4n) is 2.25. The first-order valence-electron chi connectivity index (χ1n) is 7.45. The number of rotatable bonds is 5. The number of hydrogen-bond acceptors (Lipinski definition) is 7. The number of benzene rings is 2. The summed E-state index contributed by atoms with van der Waals surface area (Å²) in [6.07, 6.45) is 2.06. The van der Waals surface area contributed by atoms with Crippen molar-refractivity contribution < 1.29 is 0 Å². The maximum absolute atomic E-state index is 4.69. The Bertz CT molecular complexity index is 963. The van der Waals surface area contributed by atoms with Crippen LogP contribution in [0.15, 0.2) is 74.4 Å². The third kappa shape index (κ3) is 3.60. The lowest BCUT2D eigenvalue weighted by Gasteiger charge is -2.03. The molecule has 0 saturated carbocycles. The summed E-state index contributed by atoms with van der Waals surface area (Å²) in [5, 5.41) is 14.8. The zero-order chi connectivity index (χ0) is 17.1. The topological polar surface area (TPSA) is 56.5 Å². The van der Waals surface area contributed by atoms with E-state index in [0.717, 1.165) is 21.3 Å². The SMILES string of the molecule is CSc1ccc(-n2nnnc2Sc2nc(-c3ccccc3)cs2)cc1. The Balaban J connectivity index is 1.58. The molecule has 25 heavy (non-hydrogen) atoms. The molecule has 8 heteroatoms. The largest absolute Gasteiger partial charge is 0.229 e. The maximum Gasteiger partial charge on any atom is 0.221 e. The summed E-state index contributed by atoms with van der Waals surface area (Å²) in [6.45, 7) is 0. The van der Waals surface area contributed by atoms with E-state index in [-0.39, 0.29) is 0 Å². The van der Waals surface area contributed by atoms with E-state index in [9.17, 15) is 0 Å². The molecule has 124 valence electrons. The minimum Gasteiger partial charge on any atom is -0.229 e. The van der Waals surface area contributed by atoms with Gasteiger partial charge >= 0.3 is 0 Å². The van der Waals surface area contributed by atoms with Crippen LogP contribution in [0.25, 0.3) is 16.9 Å². The summed E-state index contributed by atoms with van der Waals surface area (Å²) < 4.78 is 2.65. The van der Waals surface area contributed by atoms with Gasteiger partial charge in [0.05, 0.1) is 11.4 Å². The molecule has 0 fully saturated rings. The van der Waals surface area contributed by atoms with Gasteiger partial charge in [-0.05, 0) is 52.7 Å². The van der Waals surface area contributed by atoms with Crippen LogP contribution in [0.5, 0.6) is 0 Å². The van der Waals surface area contributed by atoms with Crippen LogP contribution in [-0.4, -0.2) is 31.4 Å². The molecule has 0 N–H and O–H groups in total. The zero-order valence-electron chi connectivity index (χ0n) is 13.2. The van der Waals surface area contributed by atoms with Gasteiger partial charge in [-0.1, -0.05) is 30.3 Å². The maximum atomic E-state index is 4.69. The molecular formula is C17H13N5S3. The standard InChI is InChI=1S/C17H13N5S3/c1-23-14-9-7-13(8-10-14)22-16(19-20-21-22)25-17-18-15(11-24-17)12-5-3-2-4-6-12/h2-11H,1H3. The molecule has 2 aromatic carbocycles. The number of nitrogens with zero attached hydrogens (tertiary/aromatic N) is 5. The zero-order valence-corrected chi connectivity index (χ0v) is 15.7. The Labute approximate surface area is 157 Å². The molecule has 0 aliphatic heterocycles. The van der Waals surface area contributed by atoms with Crippen LogP contribution < -0.4 is 0 Å². The Kier molecular flexibility index (Phi) is 4.82. The van der Waals surface area contributed by atoms with Crippen LogP contribution in [0.2, 0.25) is 0 Å². The predicted octanol–water partition coefficient (Wildman–Crippen LogP) is 4.66. The molecule has 0 unspecified atom stereocenters. The van der Waals surface area contributed by atoms with E-state index in [1.165, 1.54) is 16.7 Å². The predicted molar refractivity (Wildman–Crippen MR) is 103 cm³/mol. The van der Waals surface area contributed by atoms with Gasteiger partial charge in [0.25, 0.3) is 0 Å². The van der Waals surface area contributed by atoms with Gasteiger partial charge in [0.15, 0.2) is 4.34 Å². The van der Waals surface area contributed by atoms with Crippen molar-refractivity contribution in [2.75, 3.05) is 6.26 Å². The first kappa shape index (κ1) is 16.3. The lowest BCUT2D eigenvalue weighted by Crippen LogP contribution is -1.98. The first-order chi connectivity index (χ1) is 12.3. The van der Waals surface area contributed by atoms with Gasteiger partial charge in [-0.25, -0.2) is 4.98 Å². The minimum absolute atomic E-state index is 0.700. The van der Waals surface area contributed by atoms with Crippen molar-refractivity contribution in [1.82, 2.24) is 25.2 Å². The fraction of sp³-hybridized carbons (Fsp3) is 0.0588. The Hall–Kier alpha value is -2.16. The molecule has 2 aromatic heterocycles. The average molecular weight is 384 g/mol. The van der Waals surface area contributed by atoms with E-state index in [2.05, 4.69) is 56.4 Å². The molecule has 0 bridgehead atoms. The highest BCUT2D eigenvalue weighted by Crippen LogP contribution is 2.32. The second kappa shape index (κ2) is 7.38. The van der Waals surface area contributed by atoms with Crippen LogP contribution >= 0.6 is 34.9 Å². The highest BCUT2D eigenvalue weighted by Gasteiger charge is 2.13. The number of thiazole rings is 1. The van der Waals surface area contributed by atoms with E-state index in [1.807, 2.05) is 30.3 Å². The van der Waals surface area contributed by atoms with Crippen LogP contribution in [0.4, 0.5) is 0 Å². The smallest absolute Gasteiger partial charge is 0.221 e. The van der Waals surface area contributed by atoms with Crippen molar-refractivity contribution in [3.05, 3.63) is 60.0 Å². The number of aromatic nitrogens is 5. The van der Waals surface area contributed by atoms with Gasteiger partial charge in [-0.3, -0.25) is 0 Å². The fourth-order valence-corrected chi connectivity index (χ4v) is 4.38. The lowest BCUT2D eigenvalue weighted by atomic mass is 10.2. The Morgan fingerprint density at radius 3 is 2.56 bits per heavy atom. The molecule has 0 spiro atoms. The molecular weight excluding hydrogens is 370 g/mol. The third-order valence-electron chi connectivity index (χ3n) is 3.49. The lowest BCUT2D eigenvalue weighted by molar-refractivity contribution is 0.755. The van der Waals surface area contributed by atoms with E-state index in [0.29, 0.717) is 5.16 Å². The van der Waals surface area contributed by atoms with E-state index < -0.39 is 0 Å². The summed E-state index contributed by atoms with van der Waals surface area (Å²) in [6, 6.07) is 18.3. The highest BCUT2D eigenvalue weighted by atomic mass is 32.2. The number of tetrazole rings is 1. The van der Waals surface area contributed by atoms with E-state index >= 15 is 0 Å². The van der Waals surface area contributed by atoms with Gasteiger partial charge in [0.2, 0.25) is 5.16 Å². The van der Waals surface area contributed by atoms with Crippen molar-refractivity contribution in [2.45, 2.75) is 14.4 Å². The van der Waals surface area contributed by atoms with Crippen LogP contribution in [0, 0.1) is 0 Å². The molecule has 0 saturated heterocycles. The molecule has 4 aromatic rings. The summed E-state index contributed by atoms with van der Waals surface area (Å²) >= 11 is 4.77. The molecule has 0 radical (unpaired) electrons. The van der Waals surface area contributed by atoms with Crippen molar-refractivity contribution in [1.29, 1.82) is 0 Å². The monoisotopic (exact) mass is 383 g/mol. The molecule has 0 aliphatic rings.